The molecule has 4 saturated heterocycles. The van der Waals surface area contributed by atoms with Crippen LogP contribution < -0.4 is 0 Å². The number of aliphatic carboxylic acids is 1. The van der Waals surface area contributed by atoms with Gasteiger partial charge in [0.2, 0.25) is 0 Å². The van der Waals surface area contributed by atoms with Crippen LogP contribution in [0.5, 0.6) is 0 Å². The number of ether oxygens (including phenoxy) is 11. The zero-order chi connectivity index (χ0) is 64.2. The van der Waals surface area contributed by atoms with Gasteiger partial charge in [0.15, 0.2) is 31.3 Å². The minimum absolute atomic E-state index is 0.0175. The molecule has 9 aliphatic rings. The Morgan fingerprint density at radius 2 is 1.22 bits per heavy atom. The maximum absolute atomic E-state index is 13.6. The Morgan fingerprint density at radius 3 is 1.84 bits per heavy atom. The van der Waals surface area contributed by atoms with E-state index >= 15 is 0 Å². The van der Waals surface area contributed by atoms with Gasteiger partial charge in [-0.05, 0) is 98.2 Å². The van der Waals surface area contributed by atoms with Crippen molar-refractivity contribution in [1.29, 1.82) is 0 Å². The van der Waals surface area contributed by atoms with Crippen LogP contribution in [0.25, 0.3) is 0 Å². The molecule has 0 amide bonds. The van der Waals surface area contributed by atoms with Crippen molar-refractivity contribution in [2.24, 2.45) is 50.2 Å². The van der Waals surface area contributed by atoms with Crippen molar-refractivity contribution >= 4 is 23.9 Å². The second-order valence-electron chi connectivity index (χ2n) is 28.3. The lowest BCUT2D eigenvalue weighted by atomic mass is 9.33. The van der Waals surface area contributed by atoms with Crippen molar-refractivity contribution in [1.82, 2.24) is 0 Å². The lowest BCUT2D eigenvalue weighted by Crippen LogP contribution is -2.71. The lowest BCUT2D eigenvalue weighted by molar-refractivity contribution is -0.399. The molecule has 0 radical (unpaired) electrons. The van der Waals surface area contributed by atoms with Crippen LogP contribution in [0.4, 0.5) is 0 Å². The first-order chi connectivity index (χ1) is 40.5. The molecule has 9 rings (SSSR count). The van der Waals surface area contributed by atoms with E-state index in [-0.39, 0.29) is 17.8 Å². The predicted octanol–water partition coefficient (Wildman–Crippen LogP) is 0.407. The number of aliphatic hydroxyl groups is 10. The van der Waals surface area contributed by atoms with Gasteiger partial charge in [-0.15, -0.1) is 0 Å². The van der Waals surface area contributed by atoms with Gasteiger partial charge in [0.05, 0.1) is 31.3 Å². The number of aliphatic hydroxyl groups excluding tert-OH is 10. The van der Waals surface area contributed by atoms with Crippen molar-refractivity contribution in [3.63, 3.8) is 0 Å². The Bertz CT molecular complexity index is 2590. The smallest absolute Gasteiger partial charge is 0.335 e. The van der Waals surface area contributed by atoms with E-state index in [4.69, 9.17) is 52.1 Å². The number of carbonyl (C=O) groups excluding carboxylic acids is 3. The number of fused-ring (bicyclic) bond motifs is 7. The normalized spacial score (nSPS) is 49.5. The van der Waals surface area contributed by atoms with Gasteiger partial charge in [-0.3, -0.25) is 9.59 Å². The molecule has 0 aromatic heterocycles. The van der Waals surface area contributed by atoms with Crippen LogP contribution in [-0.2, 0) is 71.3 Å². The highest BCUT2D eigenvalue weighted by atomic mass is 16.8. The van der Waals surface area contributed by atoms with Gasteiger partial charge >= 0.3 is 23.9 Å². The van der Waals surface area contributed by atoms with Crippen LogP contribution in [0.2, 0.25) is 0 Å². The highest BCUT2D eigenvalue weighted by molar-refractivity contribution is 5.87. The number of carbonyl (C=O) groups is 4. The van der Waals surface area contributed by atoms with Crippen molar-refractivity contribution in [2.75, 3.05) is 19.8 Å². The topological polar surface area (TPSA) is 392 Å². The molecule has 4 aliphatic heterocycles. The summed E-state index contributed by atoms with van der Waals surface area (Å²) < 4.78 is 67.8. The van der Waals surface area contributed by atoms with Crippen molar-refractivity contribution < 1.29 is 127 Å². The van der Waals surface area contributed by atoms with Gasteiger partial charge in [0.25, 0.3) is 0 Å². The van der Waals surface area contributed by atoms with Gasteiger partial charge in [-0.1, -0.05) is 73.1 Å². The van der Waals surface area contributed by atoms with E-state index in [1.807, 2.05) is 34.6 Å². The molecule has 87 heavy (non-hydrogen) atoms. The zero-order valence-electron chi connectivity index (χ0n) is 51.7. The predicted molar refractivity (Wildman–Crippen MR) is 296 cm³/mol. The summed E-state index contributed by atoms with van der Waals surface area (Å²) in [5, 5.41) is 119. The summed E-state index contributed by atoms with van der Waals surface area (Å²) in [5.41, 5.74) is -2.41. The van der Waals surface area contributed by atoms with E-state index in [0.717, 1.165) is 0 Å². The quantitative estimate of drug-likeness (QED) is 0.0369. The number of esters is 3. The molecular formula is C61H94O26. The summed E-state index contributed by atoms with van der Waals surface area (Å²) in [6.45, 7) is 21.1. The minimum Gasteiger partial charge on any atom is -0.479 e. The summed E-state index contributed by atoms with van der Waals surface area (Å²) in [6.07, 6.45) is -29.2. The molecule has 0 unspecified atom stereocenters. The Balaban J connectivity index is 1.05. The molecule has 11 N–H and O–H groups in total. The first-order valence-electron chi connectivity index (χ1n) is 30.5. The molecule has 494 valence electrons. The summed E-state index contributed by atoms with van der Waals surface area (Å²) in [5.74, 6) is -3.67. The second kappa shape index (κ2) is 24.9. The first kappa shape index (κ1) is 68.0. The highest BCUT2D eigenvalue weighted by Gasteiger charge is 2.74. The lowest BCUT2D eigenvalue weighted by Gasteiger charge is -2.72. The van der Waals surface area contributed by atoms with Gasteiger partial charge in [0.1, 0.15) is 97.7 Å². The molecule has 4 saturated carbocycles. The Kier molecular flexibility index (Phi) is 19.5. The second-order valence-corrected chi connectivity index (χ2v) is 28.3. The van der Waals surface area contributed by atoms with E-state index in [9.17, 15) is 75.3 Å². The monoisotopic (exact) mass is 1240 g/mol. The fourth-order valence-corrected chi connectivity index (χ4v) is 17.3. The van der Waals surface area contributed by atoms with E-state index in [2.05, 4.69) is 26.8 Å². The number of allylic oxidation sites excluding steroid dienone is 3. The van der Waals surface area contributed by atoms with E-state index in [1.165, 1.54) is 19.4 Å². The number of hydrogen-bond acceptors (Lipinski definition) is 25. The summed E-state index contributed by atoms with van der Waals surface area (Å²) in [7, 11) is 0. The molecule has 0 aromatic carbocycles. The van der Waals surface area contributed by atoms with Crippen molar-refractivity contribution in [3.05, 3.63) is 23.3 Å². The average molecular weight is 1240 g/mol. The molecule has 0 aromatic rings. The molecule has 26 nitrogen and oxygen atoms in total. The van der Waals surface area contributed by atoms with Gasteiger partial charge in [-0.2, -0.15) is 0 Å². The van der Waals surface area contributed by atoms with E-state index in [0.29, 0.717) is 50.5 Å². The number of rotatable bonds is 14. The fraction of sp³-hybridized carbons (Fsp3) is 0.869. The average Bonchev–Trinajstić information content (AvgIpc) is 0.688. The standard InChI is InChI=1S/C61H94O26/c1-13-25(2)51(76)87-48-49(80-27(4)64)61(12)29(20-56(48,5)6)28-14-15-34-58(9)18-17-35(57(7,8)33(58)16-19-59(34,10)60(28,11)21-36(61)79-26(3)63)82-55-47(86-53-42(72)40(70)39(69)32(22-62)81-53)44(43(73)45(84-55)50(74)75)83-54-46(38(68)31(66)24-78-54)85-52-41(71)37(67)30(65)23-77-52/h13-14,29-49,52-55,62,65-73H,15-24H2,1-12H3,(H,74,75)/b25-13-/t29-,30+,31-,32+,33-,34+,35-,36+,37-,38-,39-,40-,41+,42+,43-,44-,45-,46+,47+,48-,49-,52-,53-,54-,55+,58-,59+,60+,61-/m0/s1. The summed E-state index contributed by atoms with van der Waals surface area (Å²) in [6, 6.07) is 0. The first-order valence-corrected chi connectivity index (χ1v) is 30.5. The van der Waals surface area contributed by atoms with E-state index in [1.54, 1.807) is 19.9 Å². The third-order valence-corrected chi connectivity index (χ3v) is 22.5. The molecule has 4 heterocycles. The van der Waals surface area contributed by atoms with E-state index < -0.39 is 211 Å². The molecule has 26 heteroatoms. The van der Waals surface area contributed by atoms with Crippen molar-refractivity contribution in [2.45, 2.75) is 263 Å². The van der Waals surface area contributed by atoms with Gasteiger partial charge in [0, 0.05) is 24.8 Å². The summed E-state index contributed by atoms with van der Waals surface area (Å²) >= 11 is 0. The highest BCUT2D eigenvalue weighted by Crippen LogP contribution is 2.76. The SMILES string of the molecule is C/C=C(/C)C(=O)O[C@H]1[C@H](OC(C)=O)[C@]2(C)[C@H](OC(C)=O)C[C@]3(C)C(=CC[C@@H]4[C@@]5(C)CC[C@H](O[C@@H]6O[C@H](C(=O)O)[C@@H](O)[C@H](O[C@@H]7OC[C@H](O)[C@H](O)[C@H]7O[C@@H]7OC[C@@H](O)[C@H](O)[C@H]7O)[C@H]6O[C@@H]6O[C@H](CO)[C@H](O)[C@H](O)[C@H]6O)C(C)(C)[C@@H]5CC[C@]43C)[C@@H]2CC1(C)C. The molecule has 0 spiro atoms. The Hall–Kier alpha value is -3.36. The van der Waals surface area contributed by atoms with Crippen LogP contribution in [0, 0.1) is 50.2 Å². The van der Waals surface area contributed by atoms with Gasteiger partial charge < -0.3 is 108 Å². The number of carboxylic acids is 1. The minimum atomic E-state index is -2.21. The maximum Gasteiger partial charge on any atom is 0.335 e. The van der Waals surface area contributed by atoms with Crippen molar-refractivity contribution in [3.8, 4) is 0 Å². The van der Waals surface area contributed by atoms with Gasteiger partial charge in [-0.25, -0.2) is 9.59 Å². The maximum atomic E-state index is 13.6. The molecular weight excluding hydrogens is 1150 g/mol. The largest absolute Gasteiger partial charge is 0.479 e. The number of carboxylic acid groups (broad SMARTS) is 1. The van der Waals surface area contributed by atoms with Crippen LogP contribution in [0.3, 0.4) is 0 Å². The Morgan fingerprint density at radius 1 is 0.609 bits per heavy atom. The molecule has 5 aliphatic carbocycles. The molecule has 0 bridgehead atoms. The summed E-state index contributed by atoms with van der Waals surface area (Å²) in [4.78, 5) is 53.3. The fourth-order valence-electron chi connectivity index (χ4n) is 17.3. The third-order valence-electron chi connectivity index (χ3n) is 22.5. The molecule has 29 atom stereocenters. The van der Waals surface area contributed by atoms with Crippen LogP contribution in [0.1, 0.15) is 128 Å². The van der Waals surface area contributed by atoms with Crippen LogP contribution in [-0.4, -0.2) is 235 Å². The third kappa shape index (κ3) is 11.7. The molecule has 8 fully saturated rings. The van der Waals surface area contributed by atoms with Crippen LogP contribution >= 0.6 is 0 Å². The Labute approximate surface area is 506 Å². The zero-order valence-corrected chi connectivity index (χ0v) is 51.7. The van der Waals surface area contributed by atoms with Crippen LogP contribution in [0.15, 0.2) is 23.3 Å². The number of hydrogen-bond donors (Lipinski definition) is 11.